The minimum absolute atomic E-state index is 0.0683. The average Bonchev–Trinajstić information content (AvgIpc) is 2.68. The highest BCUT2D eigenvalue weighted by molar-refractivity contribution is 7.98. The number of benzene rings is 1. The second-order valence-corrected chi connectivity index (χ2v) is 5.54. The summed E-state index contributed by atoms with van der Waals surface area (Å²) in [4.78, 5) is 15.4. The summed E-state index contributed by atoms with van der Waals surface area (Å²) >= 11 is 1.70. The SMILES string of the molecule is CSc1ccc(NC(=O)CN2CCCNCC2)cc1. The normalized spacial score (nSPS) is 16.9. The highest BCUT2D eigenvalue weighted by atomic mass is 32.2. The third-order valence-electron chi connectivity index (χ3n) is 3.17. The van der Waals surface area contributed by atoms with Gasteiger partial charge in [-0.1, -0.05) is 0 Å². The molecule has 0 atom stereocenters. The van der Waals surface area contributed by atoms with Crippen LogP contribution in [0.5, 0.6) is 0 Å². The molecule has 104 valence electrons. The van der Waals surface area contributed by atoms with Crippen LogP contribution in [0.3, 0.4) is 0 Å². The van der Waals surface area contributed by atoms with E-state index in [9.17, 15) is 4.79 Å². The fourth-order valence-electron chi connectivity index (χ4n) is 2.14. The number of hydrogen-bond donors (Lipinski definition) is 2. The van der Waals surface area contributed by atoms with Gasteiger partial charge in [0.15, 0.2) is 0 Å². The van der Waals surface area contributed by atoms with E-state index >= 15 is 0 Å². The van der Waals surface area contributed by atoms with E-state index < -0.39 is 0 Å². The summed E-state index contributed by atoms with van der Waals surface area (Å²) in [5.41, 5.74) is 0.871. The predicted octanol–water partition coefficient (Wildman–Crippen LogP) is 1.64. The molecule has 5 heteroatoms. The molecule has 4 nitrogen and oxygen atoms in total. The summed E-state index contributed by atoms with van der Waals surface area (Å²) < 4.78 is 0. The number of thioether (sulfide) groups is 1. The predicted molar refractivity (Wildman–Crippen MR) is 80.8 cm³/mol. The lowest BCUT2D eigenvalue weighted by molar-refractivity contribution is -0.117. The van der Waals surface area contributed by atoms with Crippen molar-refractivity contribution in [2.45, 2.75) is 11.3 Å². The molecule has 0 spiro atoms. The van der Waals surface area contributed by atoms with Crippen LogP contribution >= 0.6 is 11.8 Å². The molecule has 1 saturated heterocycles. The smallest absolute Gasteiger partial charge is 0.238 e. The lowest BCUT2D eigenvalue weighted by Crippen LogP contribution is -2.35. The van der Waals surface area contributed by atoms with Gasteiger partial charge in [-0.15, -0.1) is 11.8 Å². The molecule has 0 radical (unpaired) electrons. The first-order valence-corrected chi connectivity index (χ1v) is 7.87. The van der Waals surface area contributed by atoms with Crippen LogP contribution in [0.4, 0.5) is 5.69 Å². The second-order valence-electron chi connectivity index (χ2n) is 4.66. The van der Waals surface area contributed by atoms with Gasteiger partial charge in [0.25, 0.3) is 0 Å². The van der Waals surface area contributed by atoms with Gasteiger partial charge in [0.1, 0.15) is 0 Å². The maximum atomic E-state index is 12.0. The van der Waals surface area contributed by atoms with E-state index in [0.717, 1.165) is 38.3 Å². The Labute approximate surface area is 118 Å². The van der Waals surface area contributed by atoms with Gasteiger partial charge in [-0.2, -0.15) is 0 Å². The maximum absolute atomic E-state index is 12.0. The molecule has 2 rings (SSSR count). The van der Waals surface area contributed by atoms with Crippen LogP contribution < -0.4 is 10.6 Å². The molecule has 1 fully saturated rings. The van der Waals surface area contributed by atoms with E-state index in [1.165, 1.54) is 4.90 Å². The summed E-state index contributed by atoms with van der Waals surface area (Å²) in [5, 5.41) is 6.29. The number of hydrogen-bond acceptors (Lipinski definition) is 4. The molecule has 1 heterocycles. The number of carbonyl (C=O) groups is 1. The van der Waals surface area contributed by atoms with Crippen molar-refractivity contribution in [3.63, 3.8) is 0 Å². The summed E-state index contributed by atoms with van der Waals surface area (Å²) in [6.07, 6.45) is 3.15. The Kier molecular flexibility index (Phi) is 5.69. The van der Waals surface area contributed by atoms with E-state index in [-0.39, 0.29) is 5.91 Å². The Morgan fingerprint density at radius 2 is 2.11 bits per heavy atom. The molecule has 1 amide bonds. The minimum atomic E-state index is 0.0683. The van der Waals surface area contributed by atoms with E-state index in [4.69, 9.17) is 0 Å². The van der Waals surface area contributed by atoms with Crippen LogP contribution in [0.15, 0.2) is 29.2 Å². The Morgan fingerprint density at radius 1 is 1.32 bits per heavy atom. The van der Waals surface area contributed by atoms with Crippen molar-refractivity contribution in [1.82, 2.24) is 10.2 Å². The van der Waals surface area contributed by atoms with Crippen molar-refractivity contribution in [3.05, 3.63) is 24.3 Å². The fraction of sp³-hybridized carbons (Fsp3) is 0.500. The zero-order chi connectivity index (χ0) is 13.5. The second kappa shape index (κ2) is 7.53. The minimum Gasteiger partial charge on any atom is -0.325 e. The Bertz CT molecular complexity index is 400. The van der Waals surface area contributed by atoms with Crippen molar-refractivity contribution in [2.24, 2.45) is 0 Å². The van der Waals surface area contributed by atoms with Crippen LogP contribution in [0, 0.1) is 0 Å². The third kappa shape index (κ3) is 4.86. The van der Waals surface area contributed by atoms with Gasteiger partial charge in [0, 0.05) is 23.7 Å². The quantitative estimate of drug-likeness (QED) is 0.823. The standard InChI is InChI=1S/C14H21N3OS/c1-19-13-5-3-12(4-6-13)16-14(18)11-17-9-2-7-15-8-10-17/h3-6,15H,2,7-11H2,1H3,(H,16,18). The molecule has 19 heavy (non-hydrogen) atoms. The van der Waals surface area contributed by atoms with Gasteiger partial charge in [-0.05, 0) is 50.0 Å². The number of anilines is 1. The van der Waals surface area contributed by atoms with E-state index in [1.807, 2.05) is 30.5 Å². The fourth-order valence-corrected chi connectivity index (χ4v) is 2.55. The van der Waals surface area contributed by atoms with Crippen LogP contribution in [-0.4, -0.2) is 49.8 Å². The van der Waals surface area contributed by atoms with Crippen LogP contribution in [0.25, 0.3) is 0 Å². The van der Waals surface area contributed by atoms with Gasteiger partial charge < -0.3 is 10.6 Å². The molecule has 1 aliphatic heterocycles. The molecule has 1 aliphatic rings. The molecule has 0 saturated carbocycles. The van der Waals surface area contributed by atoms with Gasteiger partial charge in [0.2, 0.25) is 5.91 Å². The van der Waals surface area contributed by atoms with Crippen molar-refractivity contribution in [2.75, 3.05) is 44.3 Å². The zero-order valence-corrected chi connectivity index (χ0v) is 12.1. The summed E-state index contributed by atoms with van der Waals surface area (Å²) in [6, 6.07) is 7.95. The van der Waals surface area contributed by atoms with Gasteiger partial charge >= 0.3 is 0 Å². The average molecular weight is 279 g/mol. The molecule has 1 aromatic carbocycles. The van der Waals surface area contributed by atoms with Crippen LogP contribution in [0.2, 0.25) is 0 Å². The largest absolute Gasteiger partial charge is 0.325 e. The topological polar surface area (TPSA) is 44.4 Å². The first kappa shape index (κ1) is 14.4. The van der Waals surface area contributed by atoms with Crippen LogP contribution in [0.1, 0.15) is 6.42 Å². The van der Waals surface area contributed by atoms with Gasteiger partial charge in [-0.25, -0.2) is 0 Å². The molecule has 1 aromatic rings. The molecular weight excluding hydrogens is 258 g/mol. The molecule has 0 unspecified atom stereocenters. The number of nitrogens with one attached hydrogen (secondary N) is 2. The number of nitrogens with zero attached hydrogens (tertiary/aromatic N) is 1. The lowest BCUT2D eigenvalue weighted by atomic mass is 10.3. The van der Waals surface area contributed by atoms with Gasteiger partial charge in [-0.3, -0.25) is 9.69 Å². The van der Waals surface area contributed by atoms with Crippen molar-refractivity contribution in [3.8, 4) is 0 Å². The third-order valence-corrected chi connectivity index (χ3v) is 3.92. The molecule has 0 bridgehead atoms. The van der Waals surface area contributed by atoms with Gasteiger partial charge in [0.05, 0.1) is 6.54 Å². The highest BCUT2D eigenvalue weighted by Crippen LogP contribution is 2.17. The van der Waals surface area contributed by atoms with E-state index in [0.29, 0.717) is 6.54 Å². The van der Waals surface area contributed by atoms with Crippen molar-refractivity contribution in [1.29, 1.82) is 0 Å². The number of carbonyl (C=O) groups excluding carboxylic acids is 1. The molecular formula is C14H21N3OS. The molecule has 0 aromatic heterocycles. The number of amides is 1. The summed E-state index contributed by atoms with van der Waals surface area (Å²) in [7, 11) is 0. The number of rotatable bonds is 4. The Balaban J connectivity index is 1.82. The summed E-state index contributed by atoms with van der Waals surface area (Å²) in [5.74, 6) is 0.0683. The monoisotopic (exact) mass is 279 g/mol. The first-order chi connectivity index (χ1) is 9.28. The lowest BCUT2D eigenvalue weighted by Gasteiger charge is -2.18. The van der Waals surface area contributed by atoms with E-state index in [2.05, 4.69) is 15.5 Å². The Morgan fingerprint density at radius 3 is 2.84 bits per heavy atom. The highest BCUT2D eigenvalue weighted by Gasteiger charge is 2.12. The van der Waals surface area contributed by atoms with Crippen molar-refractivity contribution >= 4 is 23.4 Å². The summed E-state index contributed by atoms with van der Waals surface area (Å²) in [6.45, 7) is 4.43. The van der Waals surface area contributed by atoms with Crippen molar-refractivity contribution < 1.29 is 4.79 Å². The van der Waals surface area contributed by atoms with Crippen LogP contribution in [-0.2, 0) is 4.79 Å². The van der Waals surface area contributed by atoms with E-state index in [1.54, 1.807) is 11.8 Å². The molecule has 0 aliphatic carbocycles. The first-order valence-electron chi connectivity index (χ1n) is 6.65. The Hall–Kier alpha value is -1.04. The maximum Gasteiger partial charge on any atom is 0.238 e. The molecule has 2 N–H and O–H groups in total. The zero-order valence-electron chi connectivity index (χ0n) is 11.3.